The molecule has 11 heteroatoms. The molecule has 0 bridgehead atoms. The number of anilines is 1. The van der Waals surface area contributed by atoms with Gasteiger partial charge in [0.1, 0.15) is 16.7 Å². The highest BCUT2D eigenvalue weighted by Crippen LogP contribution is 2.27. The fraction of sp³-hybridized carbons (Fsp3) is 0.233. The Morgan fingerprint density at radius 1 is 0.951 bits per heavy atom. The fourth-order valence-electron chi connectivity index (χ4n) is 4.77. The summed E-state index contributed by atoms with van der Waals surface area (Å²) in [6.07, 6.45) is 1.54. The molecule has 1 aromatic heterocycles. The first-order chi connectivity index (χ1) is 19.9. The molecule has 1 saturated heterocycles. The number of hydrogen-bond acceptors (Lipinski definition) is 6. The third kappa shape index (κ3) is 6.31. The molecule has 3 amide bonds. The van der Waals surface area contributed by atoms with Gasteiger partial charge >= 0.3 is 6.03 Å². The lowest BCUT2D eigenvalue weighted by Gasteiger charge is -2.39. The molecule has 3 aromatic carbocycles. The van der Waals surface area contributed by atoms with Gasteiger partial charge in [-0.2, -0.15) is 4.31 Å². The minimum Gasteiger partial charge on any atom is -0.494 e. The lowest BCUT2D eigenvalue weighted by atomic mass is 10.2. The van der Waals surface area contributed by atoms with E-state index in [9.17, 15) is 18.0 Å². The van der Waals surface area contributed by atoms with E-state index >= 15 is 0 Å². The normalized spacial score (nSPS) is 15.8. The van der Waals surface area contributed by atoms with Gasteiger partial charge in [0.25, 0.3) is 0 Å². The second-order valence-electron chi connectivity index (χ2n) is 9.50. The van der Waals surface area contributed by atoms with Crippen LogP contribution in [0.15, 0.2) is 96.0 Å². The number of hydrogen-bond donors (Lipinski definition) is 2. The van der Waals surface area contributed by atoms with Crippen LogP contribution >= 0.6 is 0 Å². The average Bonchev–Trinajstić information content (AvgIpc) is 3.00. The molecule has 2 N–H and O–H groups in total. The Morgan fingerprint density at radius 2 is 1.71 bits per heavy atom. The van der Waals surface area contributed by atoms with E-state index in [1.807, 2.05) is 37.3 Å². The Morgan fingerprint density at radius 3 is 2.46 bits per heavy atom. The van der Waals surface area contributed by atoms with Gasteiger partial charge < -0.3 is 20.3 Å². The van der Waals surface area contributed by atoms with Crippen LogP contribution in [-0.2, 0) is 21.4 Å². The Kier molecular flexibility index (Phi) is 8.46. The first-order valence-electron chi connectivity index (χ1n) is 13.3. The molecule has 1 aliphatic heterocycles. The standard InChI is InChI=1S/C30H31N5O5S/c1-2-40-25-15-13-24(14-16-25)33-30(37)34-18-19-35(26(21-34)29(36)32-20-22-8-4-3-5-9-22)41(38,39)27-12-6-10-23-11-7-17-31-28(23)27/h3-17,26H,2,18-21H2,1H3,(H,32,36)(H,33,37). The quantitative estimate of drug-likeness (QED) is 0.330. The molecule has 1 atom stereocenters. The predicted octanol–water partition coefficient (Wildman–Crippen LogP) is 3.86. The van der Waals surface area contributed by atoms with E-state index in [1.54, 1.807) is 48.5 Å². The number of nitrogens with zero attached hydrogens (tertiary/aromatic N) is 3. The van der Waals surface area contributed by atoms with E-state index in [-0.39, 0.29) is 31.1 Å². The number of pyridine rings is 1. The van der Waals surface area contributed by atoms with Gasteiger partial charge in [-0.05, 0) is 48.9 Å². The highest BCUT2D eigenvalue weighted by Gasteiger charge is 2.42. The van der Waals surface area contributed by atoms with Gasteiger partial charge in [0, 0.05) is 43.4 Å². The molecule has 10 nitrogen and oxygen atoms in total. The summed E-state index contributed by atoms with van der Waals surface area (Å²) in [5.74, 6) is 0.187. The zero-order valence-electron chi connectivity index (χ0n) is 22.6. The summed E-state index contributed by atoms with van der Waals surface area (Å²) in [7, 11) is -4.15. The minimum atomic E-state index is -4.15. The number of nitrogens with one attached hydrogen (secondary N) is 2. The molecule has 1 unspecified atom stereocenters. The van der Waals surface area contributed by atoms with Crippen LogP contribution in [0.3, 0.4) is 0 Å². The molecular weight excluding hydrogens is 542 g/mol. The zero-order chi connectivity index (χ0) is 28.8. The van der Waals surface area contributed by atoms with E-state index in [0.29, 0.717) is 28.9 Å². The van der Waals surface area contributed by atoms with Gasteiger partial charge in [0.15, 0.2) is 0 Å². The summed E-state index contributed by atoms with van der Waals surface area (Å²) in [5, 5.41) is 6.36. The number of fused-ring (bicyclic) bond motifs is 1. The number of amides is 3. The monoisotopic (exact) mass is 573 g/mol. The predicted molar refractivity (Wildman–Crippen MR) is 156 cm³/mol. The van der Waals surface area contributed by atoms with Crippen LogP contribution < -0.4 is 15.4 Å². The molecule has 4 aromatic rings. The maximum absolute atomic E-state index is 14.0. The topological polar surface area (TPSA) is 121 Å². The van der Waals surface area contributed by atoms with E-state index in [0.717, 1.165) is 5.56 Å². The summed E-state index contributed by atoms with van der Waals surface area (Å²) in [5.41, 5.74) is 1.75. The molecule has 0 radical (unpaired) electrons. The van der Waals surface area contributed by atoms with Crippen molar-refractivity contribution in [2.75, 3.05) is 31.6 Å². The molecule has 0 aliphatic carbocycles. The van der Waals surface area contributed by atoms with Gasteiger partial charge in [-0.25, -0.2) is 13.2 Å². The number of piperazine rings is 1. The minimum absolute atomic E-state index is 0.0174. The second-order valence-corrected chi connectivity index (χ2v) is 11.4. The van der Waals surface area contributed by atoms with Crippen LogP contribution in [0.1, 0.15) is 12.5 Å². The zero-order valence-corrected chi connectivity index (χ0v) is 23.4. The number of sulfonamides is 1. The highest BCUT2D eigenvalue weighted by molar-refractivity contribution is 7.89. The largest absolute Gasteiger partial charge is 0.494 e. The Bertz CT molecular complexity index is 1630. The highest BCUT2D eigenvalue weighted by atomic mass is 32.2. The van der Waals surface area contributed by atoms with Gasteiger partial charge in [-0.1, -0.05) is 48.5 Å². The molecule has 2 heterocycles. The number of para-hydroxylation sites is 1. The maximum atomic E-state index is 14.0. The average molecular weight is 574 g/mol. The van der Waals surface area contributed by atoms with Gasteiger partial charge in [0.2, 0.25) is 15.9 Å². The summed E-state index contributed by atoms with van der Waals surface area (Å²) in [4.78, 5) is 32.5. The van der Waals surface area contributed by atoms with Crippen molar-refractivity contribution in [2.45, 2.75) is 24.4 Å². The second kappa shape index (κ2) is 12.4. The number of rotatable bonds is 8. The molecule has 212 valence electrons. The van der Waals surface area contributed by atoms with Crippen LogP contribution in [0.25, 0.3) is 10.9 Å². The molecule has 41 heavy (non-hydrogen) atoms. The molecule has 0 spiro atoms. The first-order valence-corrected chi connectivity index (χ1v) is 14.8. The smallest absolute Gasteiger partial charge is 0.321 e. The first kappa shape index (κ1) is 28.1. The van der Waals surface area contributed by atoms with Crippen molar-refractivity contribution in [3.63, 3.8) is 0 Å². The van der Waals surface area contributed by atoms with Crippen molar-refractivity contribution < 1.29 is 22.7 Å². The Hall–Kier alpha value is -4.48. The van der Waals surface area contributed by atoms with Crippen LogP contribution in [0.2, 0.25) is 0 Å². The lowest BCUT2D eigenvalue weighted by molar-refractivity contribution is -0.126. The van der Waals surface area contributed by atoms with E-state index in [1.165, 1.54) is 21.5 Å². The number of aromatic nitrogens is 1. The van der Waals surface area contributed by atoms with Crippen molar-refractivity contribution in [1.29, 1.82) is 0 Å². The van der Waals surface area contributed by atoms with E-state index in [2.05, 4.69) is 15.6 Å². The van der Waals surface area contributed by atoms with Gasteiger partial charge in [-0.15, -0.1) is 0 Å². The van der Waals surface area contributed by atoms with Gasteiger partial charge in [0.05, 0.1) is 12.1 Å². The molecular formula is C30H31N5O5S. The summed E-state index contributed by atoms with van der Waals surface area (Å²) >= 11 is 0. The summed E-state index contributed by atoms with van der Waals surface area (Å²) in [6.45, 7) is 2.55. The number of ether oxygens (including phenoxy) is 1. The van der Waals surface area contributed by atoms with Crippen LogP contribution in [0, 0.1) is 0 Å². The molecule has 1 aliphatic rings. The number of urea groups is 1. The van der Waals surface area contributed by atoms with E-state index < -0.39 is 28.0 Å². The third-order valence-electron chi connectivity index (χ3n) is 6.83. The van der Waals surface area contributed by atoms with Gasteiger partial charge in [-0.3, -0.25) is 9.78 Å². The van der Waals surface area contributed by atoms with Crippen LogP contribution in [0.5, 0.6) is 5.75 Å². The summed E-state index contributed by atoms with van der Waals surface area (Å²) in [6, 6.07) is 23.2. The number of carbonyl (C=O) groups excluding carboxylic acids is 2. The van der Waals surface area contributed by atoms with E-state index in [4.69, 9.17) is 4.74 Å². The molecule has 0 saturated carbocycles. The number of benzene rings is 3. The SMILES string of the molecule is CCOc1ccc(NC(=O)N2CCN(S(=O)(=O)c3cccc4cccnc34)C(C(=O)NCc3ccccc3)C2)cc1. The van der Waals surface area contributed by atoms with Crippen LogP contribution in [-0.4, -0.2) is 66.8 Å². The molecule has 1 fully saturated rings. The Labute approximate surface area is 239 Å². The van der Waals surface area contributed by atoms with Crippen molar-refractivity contribution >= 4 is 38.6 Å². The fourth-order valence-corrected chi connectivity index (χ4v) is 6.51. The third-order valence-corrected chi connectivity index (χ3v) is 8.77. The van der Waals surface area contributed by atoms with Crippen molar-refractivity contribution in [3.8, 4) is 5.75 Å². The van der Waals surface area contributed by atoms with Crippen molar-refractivity contribution in [2.24, 2.45) is 0 Å². The van der Waals surface area contributed by atoms with Crippen molar-refractivity contribution in [1.82, 2.24) is 19.5 Å². The summed E-state index contributed by atoms with van der Waals surface area (Å²) < 4.78 is 34.7. The number of carbonyl (C=O) groups is 2. The van der Waals surface area contributed by atoms with Crippen LogP contribution in [0.4, 0.5) is 10.5 Å². The lowest BCUT2D eigenvalue weighted by Crippen LogP contribution is -2.61. The maximum Gasteiger partial charge on any atom is 0.321 e. The van der Waals surface area contributed by atoms with Crippen molar-refractivity contribution in [3.05, 3.63) is 96.7 Å². The Balaban J connectivity index is 1.40. The molecule has 5 rings (SSSR count).